The first-order valence-corrected chi connectivity index (χ1v) is 10.2. The predicted molar refractivity (Wildman–Crippen MR) is 100 cm³/mol. The highest BCUT2D eigenvalue weighted by atomic mass is 16.5. The van der Waals surface area contributed by atoms with E-state index in [-0.39, 0.29) is 11.3 Å². The predicted octanol–water partition coefficient (Wildman–Crippen LogP) is 2.62. The van der Waals surface area contributed by atoms with E-state index in [0.717, 1.165) is 65.1 Å². The Morgan fingerprint density at radius 1 is 1.23 bits per heavy atom. The van der Waals surface area contributed by atoms with E-state index < -0.39 is 0 Å². The average Bonchev–Trinajstić information content (AvgIpc) is 3.28. The van der Waals surface area contributed by atoms with Crippen LogP contribution in [0.5, 0.6) is 0 Å². The van der Waals surface area contributed by atoms with Crippen LogP contribution in [0.4, 0.5) is 0 Å². The Hall–Kier alpha value is -1.46. The highest BCUT2D eigenvalue weighted by Crippen LogP contribution is 2.50. The van der Waals surface area contributed by atoms with Crippen LogP contribution in [0.25, 0.3) is 0 Å². The number of hydrogen-bond donors (Lipinski definition) is 1. The van der Waals surface area contributed by atoms with Gasteiger partial charge in [-0.3, -0.25) is 14.7 Å². The molecular formula is C21H31N3O2. The van der Waals surface area contributed by atoms with Crippen molar-refractivity contribution in [2.75, 3.05) is 32.8 Å². The number of hydrogen-bond acceptors (Lipinski definition) is 4. The van der Waals surface area contributed by atoms with Gasteiger partial charge in [0.15, 0.2) is 0 Å². The normalized spacial score (nSPS) is 30.1. The Kier molecular flexibility index (Phi) is 5.55. The third kappa shape index (κ3) is 3.94. The molecule has 5 heteroatoms. The number of aromatic nitrogens is 1. The summed E-state index contributed by atoms with van der Waals surface area (Å²) in [7, 11) is 0. The first kappa shape index (κ1) is 17.9. The van der Waals surface area contributed by atoms with Gasteiger partial charge in [-0.2, -0.15) is 0 Å². The third-order valence-electron chi connectivity index (χ3n) is 6.75. The van der Waals surface area contributed by atoms with Gasteiger partial charge < -0.3 is 10.1 Å². The zero-order chi connectivity index (χ0) is 17.8. The Morgan fingerprint density at radius 3 is 2.85 bits per heavy atom. The summed E-state index contributed by atoms with van der Waals surface area (Å²) in [6.07, 6.45) is 10.5. The van der Waals surface area contributed by atoms with E-state index in [1.165, 1.54) is 18.4 Å². The molecule has 1 N–H and O–H groups in total. The fourth-order valence-corrected chi connectivity index (χ4v) is 5.22. The molecule has 2 saturated heterocycles. The smallest absolute Gasteiger partial charge is 0.223 e. The molecule has 142 valence electrons. The zero-order valence-corrected chi connectivity index (χ0v) is 15.7. The number of carbonyl (C=O) groups is 1. The van der Waals surface area contributed by atoms with Gasteiger partial charge in [-0.05, 0) is 67.7 Å². The minimum Gasteiger partial charge on any atom is -0.381 e. The Balaban J connectivity index is 1.33. The lowest BCUT2D eigenvalue weighted by Crippen LogP contribution is -2.42. The molecule has 26 heavy (non-hydrogen) atoms. The van der Waals surface area contributed by atoms with Gasteiger partial charge in [0.1, 0.15) is 0 Å². The van der Waals surface area contributed by atoms with E-state index in [0.29, 0.717) is 11.8 Å². The maximum Gasteiger partial charge on any atom is 0.223 e. The second-order valence-electron chi connectivity index (χ2n) is 8.42. The zero-order valence-electron chi connectivity index (χ0n) is 15.7. The van der Waals surface area contributed by atoms with Crippen molar-refractivity contribution in [3.05, 3.63) is 30.1 Å². The molecule has 0 radical (unpaired) electrons. The molecule has 1 aromatic heterocycles. The lowest BCUT2D eigenvalue weighted by atomic mass is 9.76. The number of pyridine rings is 1. The summed E-state index contributed by atoms with van der Waals surface area (Å²) in [5.41, 5.74) is 1.52. The minimum atomic E-state index is 0.199. The molecule has 0 bridgehead atoms. The van der Waals surface area contributed by atoms with E-state index in [2.05, 4.69) is 27.3 Å². The minimum absolute atomic E-state index is 0.199. The third-order valence-corrected chi connectivity index (χ3v) is 6.75. The van der Waals surface area contributed by atoms with Crippen LogP contribution in [-0.4, -0.2) is 48.6 Å². The van der Waals surface area contributed by atoms with E-state index in [9.17, 15) is 4.79 Å². The van der Waals surface area contributed by atoms with Gasteiger partial charge in [-0.1, -0.05) is 6.42 Å². The van der Waals surface area contributed by atoms with Crippen LogP contribution >= 0.6 is 0 Å². The molecule has 3 aliphatic rings. The van der Waals surface area contributed by atoms with Crippen LogP contribution in [0.2, 0.25) is 0 Å². The number of ether oxygens (including phenoxy) is 1. The number of carbonyl (C=O) groups excluding carboxylic acids is 1. The molecule has 0 aromatic carbocycles. The van der Waals surface area contributed by atoms with Crippen molar-refractivity contribution in [2.24, 2.45) is 17.3 Å². The summed E-state index contributed by atoms with van der Waals surface area (Å²) in [6, 6.07) is 4.19. The molecule has 5 nitrogen and oxygen atoms in total. The Bertz CT molecular complexity index is 603. The van der Waals surface area contributed by atoms with Gasteiger partial charge in [0.2, 0.25) is 5.91 Å². The fraction of sp³-hybridized carbons (Fsp3) is 0.714. The van der Waals surface area contributed by atoms with Gasteiger partial charge in [-0.15, -0.1) is 0 Å². The first-order chi connectivity index (χ1) is 12.8. The van der Waals surface area contributed by atoms with Gasteiger partial charge in [0.25, 0.3) is 0 Å². The fourth-order valence-electron chi connectivity index (χ4n) is 5.22. The maximum atomic E-state index is 12.9. The van der Waals surface area contributed by atoms with Crippen molar-refractivity contribution < 1.29 is 9.53 Å². The number of nitrogens with zero attached hydrogens (tertiary/aromatic N) is 2. The topological polar surface area (TPSA) is 54.5 Å². The molecule has 1 spiro atoms. The lowest BCUT2D eigenvalue weighted by Gasteiger charge is -2.31. The summed E-state index contributed by atoms with van der Waals surface area (Å²) in [6.45, 7) is 5.66. The Morgan fingerprint density at radius 2 is 2.04 bits per heavy atom. The summed E-state index contributed by atoms with van der Waals surface area (Å²) >= 11 is 0. The number of nitrogens with one attached hydrogen (secondary N) is 1. The van der Waals surface area contributed by atoms with Crippen molar-refractivity contribution >= 4 is 5.91 Å². The van der Waals surface area contributed by atoms with Crippen LogP contribution in [0.3, 0.4) is 0 Å². The van der Waals surface area contributed by atoms with E-state index in [1.807, 2.05) is 12.4 Å². The average molecular weight is 357 g/mol. The van der Waals surface area contributed by atoms with Crippen LogP contribution in [0, 0.1) is 17.3 Å². The van der Waals surface area contributed by atoms with Crippen molar-refractivity contribution in [1.29, 1.82) is 0 Å². The van der Waals surface area contributed by atoms with Crippen LogP contribution in [0.1, 0.15) is 44.1 Å². The summed E-state index contributed by atoms with van der Waals surface area (Å²) in [4.78, 5) is 19.6. The SMILES string of the molecule is O=C(NCC1CCOCC1)[C@H]1CCC[C@@]12CCN(Cc1ccncc1)C2. The summed E-state index contributed by atoms with van der Waals surface area (Å²) in [5, 5.41) is 3.29. The van der Waals surface area contributed by atoms with Crippen molar-refractivity contribution in [1.82, 2.24) is 15.2 Å². The molecule has 3 heterocycles. The second-order valence-corrected chi connectivity index (χ2v) is 8.42. The van der Waals surface area contributed by atoms with E-state index in [4.69, 9.17) is 4.74 Å². The van der Waals surface area contributed by atoms with Crippen molar-refractivity contribution in [2.45, 2.75) is 45.1 Å². The van der Waals surface area contributed by atoms with E-state index in [1.54, 1.807) is 0 Å². The van der Waals surface area contributed by atoms with Gasteiger partial charge >= 0.3 is 0 Å². The maximum absolute atomic E-state index is 12.9. The number of rotatable bonds is 5. The van der Waals surface area contributed by atoms with Gasteiger partial charge in [0.05, 0.1) is 0 Å². The molecular weight excluding hydrogens is 326 g/mol. The molecule has 1 aromatic rings. The number of likely N-dealkylation sites (tertiary alicyclic amines) is 1. The van der Waals surface area contributed by atoms with E-state index >= 15 is 0 Å². The highest BCUT2D eigenvalue weighted by molar-refractivity contribution is 5.80. The van der Waals surface area contributed by atoms with Crippen LogP contribution in [-0.2, 0) is 16.1 Å². The quantitative estimate of drug-likeness (QED) is 0.880. The monoisotopic (exact) mass is 357 g/mol. The molecule has 1 saturated carbocycles. The molecule has 2 atom stereocenters. The van der Waals surface area contributed by atoms with Crippen LogP contribution < -0.4 is 5.32 Å². The molecule has 2 aliphatic heterocycles. The molecule has 1 aliphatic carbocycles. The van der Waals surface area contributed by atoms with Crippen molar-refractivity contribution in [3.63, 3.8) is 0 Å². The van der Waals surface area contributed by atoms with Crippen LogP contribution in [0.15, 0.2) is 24.5 Å². The Labute approximate surface area is 156 Å². The van der Waals surface area contributed by atoms with Crippen molar-refractivity contribution in [3.8, 4) is 0 Å². The second kappa shape index (κ2) is 8.05. The number of amides is 1. The molecule has 4 rings (SSSR count). The highest BCUT2D eigenvalue weighted by Gasteiger charge is 2.50. The lowest BCUT2D eigenvalue weighted by molar-refractivity contribution is -0.128. The molecule has 0 unspecified atom stereocenters. The first-order valence-electron chi connectivity index (χ1n) is 10.2. The molecule has 3 fully saturated rings. The standard InChI is InChI=1S/C21H31N3O2/c25-20(23-14-17-5-12-26-13-6-17)19-2-1-7-21(19)8-11-24(16-21)15-18-3-9-22-10-4-18/h3-4,9-10,17,19H,1-2,5-8,11-16H2,(H,23,25)/t19-,21+/m1/s1. The largest absolute Gasteiger partial charge is 0.381 e. The van der Waals surface area contributed by atoms with Gasteiger partial charge in [-0.25, -0.2) is 0 Å². The molecule has 1 amide bonds. The van der Waals surface area contributed by atoms with Gasteiger partial charge in [0, 0.05) is 51.2 Å². The summed E-state index contributed by atoms with van der Waals surface area (Å²) in [5.74, 6) is 1.10. The summed E-state index contributed by atoms with van der Waals surface area (Å²) < 4.78 is 5.42.